The predicted octanol–water partition coefficient (Wildman–Crippen LogP) is 4.47. The number of ether oxygens (including phenoxy) is 1. The molecular weight excluding hydrogens is 350 g/mol. The summed E-state index contributed by atoms with van der Waals surface area (Å²) in [6, 6.07) is 12.3. The molecule has 28 heavy (non-hydrogen) atoms. The Balaban J connectivity index is 1.74. The fourth-order valence-corrected chi connectivity index (χ4v) is 3.77. The Bertz CT molecular complexity index is 1190. The van der Waals surface area contributed by atoms with Crippen LogP contribution in [0.2, 0.25) is 0 Å². The highest BCUT2D eigenvalue weighted by atomic mass is 16.5. The summed E-state index contributed by atoms with van der Waals surface area (Å²) in [5, 5.41) is 13.7. The second kappa shape index (κ2) is 6.54. The van der Waals surface area contributed by atoms with Crippen LogP contribution in [0.4, 0.5) is 0 Å². The lowest BCUT2D eigenvalue weighted by Crippen LogP contribution is -2.16. The summed E-state index contributed by atoms with van der Waals surface area (Å²) < 4.78 is 9.75. The number of pyridine rings is 1. The van der Waals surface area contributed by atoms with Gasteiger partial charge in [-0.2, -0.15) is 10.4 Å². The fourth-order valence-electron chi connectivity index (χ4n) is 3.77. The maximum Gasteiger partial charge on any atom is 0.145 e. The molecule has 1 aliphatic carbocycles. The van der Waals surface area contributed by atoms with E-state index in [4.69, 9.17) is 10.00 Å². The lowest BCUT2D eigenvalue weighted by Gasteiger charge is -2.25. The molecule has 0 spiro atoms. The molecule has 4 aromatic rings. The van der Waals surface area contributed by atoms with Gasteiger partial charge >= 0.3 is 0 Å². The van der Waals surface area contributed by atoms with Crippen LogP contribution in [0, 0.1) is 11.3 Å². The van der Waals surface area contributed by atoms with Crippen LogP contribution >= 0.6 is 0 Å². The van der Waals surface area contributed by atoms with Crippen LogP contribution in [0.15, 0.2) is 55.2 Å². The molecule has 1 fully saturated rings. The van der Waals surface area contributed by atoms with E-state index in [0.717, 1.165) is 33.7 Å². The van der Waals surface area contributed by atoms with Gasteiger partial charge in [0.15, 0.2) is 0 Å². The molecule has 1 aliphatic rings. The van der Waals surface area contributed by atoms with Crippen molar-refractivity contribution in [2.24, 2.45) is 0 Å². The molecule has 6 nitrogen and oxygen atoms in total. The van der Waals surface area contributed by atoms with E-state index in [2.05, 4.69) is 31.4 Å². The molecule has 3 heterocycles. The van der Waals surface area contributed by atoms with Gasteiger partial charge in [0, 0.05) is 17.3 Å². The Kier molecular flexibility index (Phi) is 3.87. The van der Waals surface area contributed by atoms with Gasteiger partial charge in [0.05, 0.1) is 49.2 Å². The third-order valence-electron chi connectivity index (χ3n) is 5.53. The summed E-state index contributed by atoms with van der Waals surface area (Å²) >= 11 is 0. The highest BCUT2D eigenvalue weighted by Gasteiger charge is 2.22. The topological polar surface area (TPSA) is 68.1 Å². The van der Waals surface area contributed by atoms with E-state index in [9.17, 15) is 0 Å². The standard InChI is InChI=1S/C22H19N5O/c1-28-21-9-19(16-7-5-15(10-23)6-8-16)22(26-14-24-12-20(21)26)17-11-25-27(13-17)18-3-2-4-18/h5-9,11-14,18H,2-4H2,1H3. The van der Waals surface area contributed by atoms with Crippen LogP contribution in [-0.2, 0) is 0 Å². The molecule has 1 saturated carbocycles. The average molecular weight is 369 g/mol. The SMILES string of the molecule is COc1cc(-c2ccc(C#N)cc2)c(-c2cnn(C3CCC3)c2)n2cncc12. The van der Waals surface area contributed by atoms with Crippen molar-refractivity contribution in [3.8, 4) is 34.2 Å². The predicted molar refractivity (Wildman–Crippen MR) is 106 cm³/mol. The smallest absolute Gasteiger partial charge is 0.145 e. The van der Waals surface area contributed by atoms with Crippen LogP contribution in [-0.4, -0.2) is 26.3 Å². The zero-order valence-electron chi connectivity index (χ0n) is 15.5. The van der Waals surface area contributed by atoms with Crippen molar-refractivity contribution in [1.29, 1.82) is 5.26 Å². The Morgan fingerprint density at radius 2 is 1.96 bits per heavy atom. The lowest BCUT2D eigenvalue weighted by atomic mass is 9.93. The highest BCUT2D eigenvalue weighted by molar-refractivity contribution is 5.85. The molecule has 1 aromatic carbocycles. The van der Waals surface area contributed by atoms with Crippen LogP contribution in [0.3, 0.4) is 0 Å². The molecular formula is C22H19N5O. The summed E-state index contributed by atoms with van der Waals surface area (Å²) in [6.07, 6.45) is 11.3. The molecule has 6 heteroatoms. The molecule has 0 unspecified atom stereocenters. The van der Waals surface area contributed by atoms with Crippen molar-refractivity contribution >= 4 is 5.52 Å². The van der Waals surface area contributed by atoms with E-state index < -0.39 is 0 Å². The Hall–Kier alpha value is -3.59. The molecule has 3 aromatic heterocycles. The lowest BCUT2D eigenvalue weighted by molar-refractivity contribution is 0.289. The largest absolute Gasteiger partial charge is 0.494 e. The zero-order valence-corrected chi connectivity index (χ0v) is 15.5. The maximum absolute atomic E-state index is 9.12. The van der Waals surface area contributed by atoms with E-state index in [-0.39, 0.29) is 0 Å². The minimum absolute atomic E-state index is 0.503. The minimum Gasteiger partial charge on any atom is -0.494 e. The summed E-state index contributed by atoms with van der Waals surface area (Å²) in [6.45, 7) is 0. The molecule has 0 amide bonds. The number of fused-ring (bicyclic) bond motifs is 1. The Morgan fingerprint density at radius 1 is 1.14 bits per heavy atom. The van der Waals surface area contributed by atoms with Crippen LogP contribution < -0.4 is 4.74 Å². The van der Waals surface area contributed by atoms with Crippen molar-refractivity contribution in [1.82, 2.24) is 19.2 Å². The number of aromatic nitrogens is 4. The molecule has 0 atom stereocenters. The van der Waals surface area contributed by atoms with Crippen molar-refractivity contribution in [3.63, 3.8) is 0 Å². The van der Waals surface area contributed by atoms with Gasteiger partial charge in [0.1, 0.15) is 11.3 Å². The molecule has 5 rings (SSSR count). The minimum atomic E-state index is 0.503. The van der Waals surface area contributed by atoms with Crippen LogP contribution in [0.5, 0.6) is 5.75 Å². The van der Waals surface area contributed by atoms with Crippen molar-refractivity contribution in [2.45, 2.75) is 25.3 Å². The summed E-state index contributed by atoms with van der Waals surface area (Å²) in [7, 11) is 1.67. The van der Waals surface area contributed by atoms with Crippen molar-refractivity contribution in [2.75, 3.05) is 7.11 Å². The van der Waals surface area contributed by atoms with Gasteiger partial charge in [0.2, 0.25) is 0 Å². The number of nitrogens with zero attached hydrogens (tertiary/aromatic N) is 5. The van der Waals surface area contributed by atoms with Gasteiger partial charge in [-0.25, -0.2) is 4.98 Å². The fraction of sp³-hybridized carbons (Fsp3) is 0.227. The Labute approximate surface area is 162 Å². The highest BCUT2D eigenvalue weighted by Crippen LogP contribution is 2.39. The number of imidazole rings is 1. The first kappa shape index (κ1) is 16.6. The number of hydrogen-bond acceptors (Lipinski definition) is 4. The average Bonchev–Trinajstić information content (AvgIpc) is 3.35. The van der Waals surface area contributed by atoms with Gasteiger partial charge in [-0.05, 0) is 43.0 Å². The molecule has 0 bridgehead atoms. The third-order valence-corrected chi connectivity index (χ3v) is 5.53. The summed E-state index contributed by atoms with van der Waals surface area (Å²) in [4.78, 5) is 4.34. The molecule has 0 N–H and O–H groups in total. The van der Waals surface area contributed by atoms with Gasteiger partial charge < -0.3 is 4.74 Å². The van der Waals surface area contributed by atoms with Crippen LogP contribution in [0.25, 0.3) is 27.9 Å². The monoisotopic (exact) mass is 369 g/mol. The Morgan fingerprint density at radius 3 is 2.64 bits per heavy atom. The van der Waals surface area contributed by atoms with E-state index in [0.29, 0.717) is 11.6 Å². The molecule has 0 aliphatic heterocycles. The van der Waals surface area contributed by atoms with E-state index in [1.807, 2.05) is 36.5 Å². The van der Waals surface area contributed by atoms with E-state index in [1.54, 1.807) is 19.6 Å². The second-order valence-electron chi connectivity index (χ2n) is 7.11. The normalized spacial score (nSPS) is 14.0. The first-order valence-corrected chi connectivity index (χ1v) is 9.36. The first-order chi connectivity index (χ1) is 13.8. The maximum atomic E-state index is 9.12. The number of hydrogen-bond donors (Lipinski definition) is 0. The van der Waals surface area contributed by atoms with Crippen molar-refractivity contribution < 1.29 is 4.74 Å². The summed E-state index contributed by atoms with van der Waals surface area (Å²) in [5.41, 5.74) is 5.63. The number of benzene rings is 1. The van der Waals surface area contributed by atoms with E-state index >= 15 is 0 Å². The number of methoxy groups -OCH3 is 1. The number of rotatable bonds is 4. The summed E-state index contributed by atoms with van der Waals surface area (Å²) in [5.74, 6) is 0.756. The number of nitriles is 1. The third kappa shape index (κ3) is 2.55. The van der Waals surface area contributed by atoms with Gasteiger partial charge in [-0.3, -0.25) is 9.08 Å². The molecule has 0 saturated heterocycles. The zero-order chi connectivity index (χ0) is 19.1. The van der Waals surface area contributed by atoms with Crippen LogP contribution in [0.1, 0.15) is 30.9 Å². The quantitative estimate of drug-likeness (QED) is 0.532. The van der Waals surface area contributed by atoms with E-state index in [1.165, 1.54) is 19.3 Å². The van der Waals surface area contributed by atoms with Gasteiger partial charge in [-0.15, -0.1) is 0 Å². The second-order valence-corrected chi connectivity index (χ2v) is 7.11. The van der Waals surface area contributed by atoms with Gasteiger partial charge in [0.25, 0.3) is 0 Å². The van der Waals surface area contributed by atoms with Crippen molar-refractivity contribution in [3.05, 3.63) is 60.8 Å². The molecule has 0 radical (unpaired) electrons. The first-order valence-electron chi connectivity index (χ1n) is 9.36. The molecule has 138 valence electrons. The van der Waals surface area contributed by atoms with Gasteiger partial charge in [-0.1, -0.05) is 12.1 Å².